The number of furan rings is 1. The van der Waals surface area contributed by atoms with Gasteiger partial charge in [-0.05, 0) is 36.4 Å². The highest BCUT2D eigenvalue weighted by Gasteiger charge is 2.21. The minimum Gasteiger partial charge on any atom is -0.457 e. The minimum atomic E-state index is -3.88. The fourth-order valence-electron chi connectivity index (χ4n) is 2.11. The van der Waals surface area contributed by atoms with Crippen molar-refractivity contribution >= 4 is 42.8 Å². The largest absolute Gasteiger partial charge is 0.457 e. The number of sulfone groups is 1. The predicted octanol–water partition coefficient (Wildman–Crippen LogP) is 4.53. The van der Waals surface area contributed by atoms with Crippen molar-refractivity contribution in [3.63, 3.8) is 0 Å². The van der Waals surface area contributed by atoms with E-state index in [0.717, 1.165) is 9.86 Å². The first-order valence-corrected chi connectivity index (χ1v) is 8.89. The summed E-state index contributed by atoms with van der Waals surface area (Å²) in [4.78, 5) is -0.302. The summed E-state index contributed by atoms with van der Waals surface area (Å²) in [6.07, 6.45) is 1.25. The third-order valence-electron chi connectivity index (χ3n) is 3.24. The van der Waals surface area contributed by atoms with Crippen molar-refractivity contribution in [2.75, 3.05) is 0 Å². The Balaban J connectivity index is 2.07. The first kappa shape index (κ1) is 15.5. The third-order valence-corrected chi connectivity index (χ3v) is 5.45. The van der Waals surface area contributed by atoms with Gasteiger partial charge in [0, 0.05) is 15.9 Å². The van der Waals surface area contributed by atoms with Gasteiger partial charge in [0.2, 0.25) is 9.84 Å². The van der Waals surface area contributed by atoms with Crippen LogP contribution in [0.2, 0.25) is 0 Å². The van der Waals surface area contributed by atoms with E-state index in [9.17, 15) is 13.7 Å². The average Bonchev–Trinajstić information content (AvgIpc) is 2.95. The van der Waals surface area contributed by atoms with E-state index in [1.165, 1.54) is 18.2 Å². The lowest BCUT2D eigenvalue weighted by Crippen LogP contribution is -2.03. The fourth-order valence-corrected chi connectivity index (χ4v) is 3.52. The van der Waals surface area contributed by atoms with Crippen LogP contribution in [0.1, 0.15) is 5.76 Å². The normalized spacial score (nSPS) is 12.3. The molecule has 0 aliphatic rings. The Morgan fingerprint density at radius 1 is 1.13 bits per heavy atom. The van der Waals surface area contributed by atoms with Gasteiger partial charge < -0.3 is 4.42 Å². The molecule has 0 N–H and O–H groups in total. The number of nitriles is 1. The zero-order valence-corrected chi connectivity index (χ0v) is 14.1. The van der Waals surface area contributed by atoms with Crippen LogP contribution in [0, 0.1) is 11.3 Å². The summed E-state index contributed by atoms with van der Waals surface area (Å²) < 4.78 is 31.4. The number of benzene rings is 2. The van der Waals surface area contributed by atoms with Gasteiger partial charge in [0.1, 0.15) is 17.4 Å². The van der Waals surface area contributed by atoms with Crippen molar-refractivity contribution in [2.45, 2.75) is 4.90 Å². The smallest absolute Gasteiger partial charge is 0.216 e. The molecule has 3 aromatic rings. The maximum atomic E-state index is 12.5. The van der Waals surface area contributed by atoms with Crippen molar-refractivity contribution in [3.05, 3.63) is 69.7 Å². The standard InChI is InChI=1S/C17H10BrNO3S/c18-13-5-7-15(8-6-13)23(20,21)16(11-19)10-14-9-12-3-1-2-4-17(12)22-14/h1-10H. The SMILES string of the molecule is N#CC(=Cc1cc2ccccc2o1)S(=O)(=O)c1ccc(Br)cc1. The Labute approximate surface area is 141 Å². The van der Waals surface area contributed by atoms with Gasteiger partial charge in [-0.3, -0.25) is 0 Å². The molecule has 3 rings (SSSR count). The molecule has 0 saturated carbocycles. The summed E-state index contributed by atoms with van der Waals surface area (Å²) in [5.74, 6) is 0.323. The van der Waals surface area contributed by atoms with E-state index in [0.29, 0.717) is 11.3 Å². The number of rotatable bonds is 3. The molecule has 2 aromatic carbocycles. The predicted molar refractivity (Wildman–Crippen MR) is 91.1 cm³/mol. The molecule has 0 radical (unpaired) electrons. The van der Waals surface area contributed by atoms with Gasteiger partial charge in [0.05, 0.1) is 4.90 Å². The molecule has 23 heavy (non-hydrogen) atoms. The second kappa shape index (κ2) is 6.03. The van der Waals surface area contributed by atoms with Crippen LogP contribution in [0.5, 0.6) is 0 Å². The molecule has 0 aliphatic heterocycles. The first-order valence-electron chi connectivity index (χ1n) is 6.62. The van der Waals surface area contributed by atoms with Gasteiger partial charge in [-0.1, -0.05) is 34.1 Å². The molecule has 0 atom stereocenters. The molecule has 0 amide bonds. The second-order valence-electron chi connectivity index (χ2n) is 4.76. The fraction of sp³-hybridized carbons (Fsp3) is 0. The van der Waals surface area contributed by atoms with E-state index in [-0.39, 0.29) is 9.80 Å². The van der Waals surface area contributed by atoms with Gasteiger partial charge in [-0.25, -0.2) is 8.42 Å². The maximum absolute atomic E-state index is 12.5. The summed E-state index contributed by atoms with van der Waals surface area (Å²) in [6.45, 7) is 0. The zero-order valence-electron chi connectivity index (χ0n) is 11.7. The van der Waals surface area contributed by atoms with Crippen molar-refractivity contribution < 1.29 is 12.8 Å². The van der Waals surface area contributed by atoms with Crippen LogP contribution in [0.3, 0.4) is 0 Å². The molecule has 6 heteroatoms. The zero-order chi connectivity index (χ0) is 16.4. The highest BCUT2D eigenvalue weighted by Crippen LogP contribution is 2.25. The van der Waals surface area contributed by atoms with Crippen molar-refractivity contribution in [2.24, 2.45) is 0 Å². The Kier molecular flexibility index (Phi) is 4.07. The molecule has 4 nitrogen and oxygen atoms in total. The lowest BCUT2D eigenvalue weighted by molar-refractivity contribution is 0.599. The summed E-state index contributed by atoms with van der Waals surface area (Å²) in [6, 6.07) is 16.9. The quantitative estimate of drug-likeness (QED) is 0.618. The molecule has 1 heterocycles. The van der Waals surface area contributed by atoms with Gasteiger partial charge in [-0.2, -0.15) is 5.26 Å². The van der Waals surface area contributed by atoms with Crippen molar-refractivity contribution in [3.8, 4) is 6.07 Å². The molecule has 114 valence electrons. The summed E-state index contributed by atoms with van der Waals surface area (Å²) in [5.41, 5.74) is 0.636. The second-order valence-corrected chi connectivity index (χ2v) is 7.60. The van der Waals surface area contributed by atoms with Crippen LogP contribution in [0.15, 0.2) is 73.3 Å². The number of allylic oxidation sites excluding steroid dienone is 1. The number of hydrogen-bond donors (Lipinski definition) is 0. The average molecular weight is 388 g/mol. The van der Waals surface area contributed by atoms with E-state index in [4.69, 9.17) is 4.42 Å². The molecule has 0 spiro atoms. The topological polar surface area (TPSA) is 71.1 Å². The number of fused-ring (bicyclic) bond motifs is 1. The first-order chi connectivity index (χ1) is 11.0. The molecule has 0 unspecified atom stereocenters. The lowest BCUT2D eigenvalue weighted by atomic mass is 10.2. The number of hydrogen-bond acceptors (Lipinski definition) is 4. The maximum Gasteiger partial charge on any atom is 0.216 e. The molecular formula is C17H10BrNO3S. The minimum absolute atomic E-state index is 0.0598. The van der Waals surface area contributed by atoms with E-state index in [2.05, 4.69) is 15.9 Å². The Morgan fingerprint density at radius 3 is 2.48 bits per heavy atom. The van der Waals surface area contributed by atoms with E-state index in [1.807, 2.05) is 18.2 Å². The molecule has 1 aromatic heterocycles. The van der Waals surface area contributed by atoms with Crippen molar-refractivity contribution in [1.29, 1.82) is 5.26 Å². The Bertz CT molecular complexity index is 1010. The van der Waals surface area contributed by atoms with Gasteiger partial charge in [-0.15, -0.1) is 0 Å². The molecular weight excluding hydrogens is 378 g/mol. The monoisotopic (exact) mass is 387 g/mol. The van der Waals surface area contributed by atoms with E-state index >= 15 is 0 Å². The summed E-state index contributed by atoms with van der Waals surface area (Å²) in [7, 11) is -3.88. The van der Waals surface area contributed by atoms with Crippen LogP contribution >= 0.6 is 15.9 Å². The van der Waals surface area contributed by atoms with Crippen LogP contribution in [-0.2, 0) is 9.84 Å². The third kappa shape index (κ3) is 3.07. The van der Waals surface area contributed by atoms with E-state index in [1.54, 1.807) is 30.3 Å². The molecule has 0 fully saturated rings. The van der Waals surface area contributed by atoms with Gasteiger partial charge >= 0.3 is 0 Å². The van der Waals surface area contributed by atoms with Crippen LogP contribution < -0.4 is 0 Å². The highest BCUT2D eigenvalue weighted by molar-refractivity contribution is 9.10. The molecule has 0 bridgehead atoms. The van der Waals surface area contributed by atoms with Crippen LogP contribution in [0.25, 0.3) is 17.0 Å². The van der Waals surface area contributed by atoms with Gasteiger partial charge in [0.15, 0.2) is 4.91 Å². The Hall–Kier alpha value is -2.36. The highest BCUT2D eigenvalue weighted by atomic mass is 79.9. The van der Waals surface area contributed by atoms with E-state index < -0.39 is 9.84 Å². The lowest BCUT2D eigenvalue weighted by Gasteiger charge is -2.02. The van der Waals surface area contributed by atoms with Crippen LogP contribution in [0.4, 0.5) is 0 Å². The van der Waals surface area contributed by atoms with Crippen molar-refractivity contribution in [1.82, 2.24) is 0 Å². The molecule has 0 saturated heterocycles. The number of nitrogens with zero attached hydrogens (tertiary/aromatic N) is 1. The van der Waals surface area contributed by atoms with Crippen LogP contribution in [-0.4, -0.2) is 8.42 Å². The number of para-hydroxylation sites is 1. The molecule has 0 aliphatic carbocycles. The van der Waals surface area contributed by atoms with Gasteiger partial charge in [0.25, 0.3) is 0 Å². The summed E-state index contributed by atoms with van der Waals surface area (Å²) in [5, 5.41) is 10.1. The Morgan fingerprint density at radius 2 is 1.83 bits per heavy atom. The number of halogens is 1. The summed E-state index contributed by atoms with van der Waals surface area (Å²) >= 11 is 3.25.